The maximum absolute atomic E-state index is 13.2. The lowest BCUT2D eigenvalue weighted by atomic mass is 10.1. The molecule has 39 heavy (non-hydrogen) atoms. The van der Waals surface area contributed by atoms with Crippen LogP contribution in [0.4, 0.5) is 20.6 Å². The largest absolute Gasteiger partial charge is 0.337 e. The molecule has 0 bridgehead atoms. The Balaban J connectivity index is 1.33. The summed E-state index contributed by atoms with van der Waals surface area (Å²) in [5.74, 6) is -1.75. The predicted molar refractivity (Wildman–Crippen MR) is 149 cm³/mol. The molecule has 0 unspecified atom stereocenters. The highest BCUT2D eigenvalue weighted by atomic mass is 32.2. The van der Waals surface area contributed by atoms with E-state index in [0.29, 0.717) is 16.9 Å². The zero-order valence-electron chi connectivity index (χ0n) is 20.8. The lowest BCUT2D eigenvalue weighted by Gasteiger charge is -2.12. The molecule has 1 aromatic heterocycles. The van der Waals surface area contributed by atoms with Gasteiger partial charge >= 0.3 is 0 Å². The van der Waals surface area contributed by atoms with Gasteiger partial charge in [0.05, 0.1) is 4.91 Å². The van der Waals surface area contributed by atoms with Crippen LogP contribution in [0.5, 0.6) is 0 Å². The summed E-state index contributed by atoms with van der Waals surface area (Å²) in [5.41, 5.74) is 3.43. The smallest absolute Gasteiger partial charge is 0.294 e. The average molecular weight is 543 g/mol. The summed E-state index contributed by atoms with van der Waals surface area (Å²) in [6, 6.07) is 20.1. The van der Waals surface area contributed by atoms with Crippen LogP contribution in [-0.4, -0.2) is 39.0 Å². The van der Waals surface area contributed by atoms with Crippen molar-refractivity contribution in [3.05, 3.63) is 101 Å². The number of carbonyl (C=O) groups excluding carboxylic acids is 4. The first-order valence-electron chi connectivity index (χ1n) is 12.0. The summed E-state index contributed by atoms with van der Waals surface area (Å²) in [6.45, 7) is 1.47. The van der Waals surface area contributed by atoms with Crippen molar-refractivity contribution in [1.82, 2.24) is 9.47 Å². The molecule has 3 aromatic carbocycles. The number of para-hydroxylation sites is 1. The molecule has 1 fully saturated rings. The molecule has 196 valence electrons. The van der Waals surface area contributed by atoms with E-state index in [4.69, 9.17) is 0 Å². The van der Waals surface area contributed by atoms with Gasteiger partial charge in [-0.15, -0.1) is 0 Å². The summed E-state index contributed by atoms with van der Waals surface area (Å²) < 4.78 is 14.9. The van der Waals surface area contributed by atoms with Crippen LogP contribution in [0.25, 0.3) is 17.0 Å². The molecule has 0 spiro atoms. The average Bonchev–Trinajstić information content (AvgIpc) is 3.37. The highest BCUT2D eigenvalue weighted by Gasteiger charge is 2.36. The van der Waals surface area contributed by atoms with E-state index in [1.807, 2.05) is 37.3 Å². The van der Waals surface area contributed by atoms with Crippen molar-refractivity contribution in [2.75, 3.05) is 17.2 Å². The maximum atomic E-state index is 13.2. The molecule has 0 atom stereocenters. The van der Waals surface area contributed by atoms with E-state index in [1.165, 1.54) is 24.3 Å². The molecule has 1 saturated heterocycles. The molecule has 5 rings (SSSR count). The van der Waals surface area contributed by atoms with Gasteiger partial charge in [-0.25, -0.2) is 4.39 Å². The summed E-state index contributed by atoms with van der Waals surface area (Å²) in [6.07, 6.45) is 3.33. The van der Waals surface area contributed by atoms with Crippen molar-refractivity contribution in [2.45, 2.75) is 13.5 Å². The standard InChI is InChI=1S/C29H23FN4O4S/c1-18-5-4-6-22(13-18)32-27(36)17-34-28(37)25(39-29(34)38)14-19-15-33(24-8-3-2-7-23(19)24)16-26(35)31-21-11-9-20(30)10-12-21/h2-15H,16-17H2,1H3,(H,31,35)(H,32,36)/b25-14+. The number of fused-ring (bicyclic) bond motifs is 1. The Kier molecular flexibility index (Phi) is 7.29. The van der Waals surface area contributed by atoms with Gasteiger partial charge in [0.15, 0.2) is 0 Å². The van der Waals surface area contributed by atoms with Gasteiger partial charge in [-0.05, 0) is 72.8 Å². The fourth-order valence-electron chi connectivity index (χ4n) is 4.25. The second-order valence-electron chi connectivity index (χ2n) is 8.97. The minimum atomic E-state index is -0.560. The molecule has 0 aliphatic carbocycles. The third kappa shape index (κ3) is 5.91. The van der Waals surface area contributed by atoms with Crippen molar-refractivity contribution in [3.63, 3.8) is 0 Å². The van der Waals surface area contributed by atoms with Crippen LogP contribution < -0.4 is 10.6 Å². The van der Waals surface area contributed by atoms with Gasteiger partial charge in [0, 0.05) is 34.0 Å². The normalized spacial score (nSPS) is 14.3. The number of anilines is 2. The van der Waals surface area contributed by atoms with Crippen molar-refractivity contribution in [2.24, 2.45) is 0 Å². The number of thioether (sulfide) groups is 1. The molecule has 10 heteroatoms. The van der Waals surface area contributed by atoms with Gasteiger partial charge < -0.3 is 15.2 Å². The van der Waals surface area contributed by atoms with Crippen LogP contribution >= 0.6 is 11.8 Å². The van der Waals surface area contributed by atoms with Gasteiger partial charge in [-0.2, -0.15) is 0 Å². The molecule has 4 amide bonds. The predicted octanol–water partition coefficient (Wildman–Crippen LogP) is 5.40. The van der Waals surface area contributed by atoms with Crippen LogP contribution in [0, 0.1) is 12.7 Å². The first-order valence-corrected chi connectivity index (χ1v) is 12.8. The fourth-order valence-corrected chi connectivity index (χ4v) is 5.08. The molecule has 4 aromatic rings. The van der Waals surface area contributed by atoms with Gasteiger partial charge in [-0.1, -0.05) is 30.3 Å². The second kappa shape index (κ2) is 11.0. The van der Waals surface area contributed by atoms with E-state index in [-0.39, 0.29) is 17.4 Å². The van der Waals surface area contributed by atoms with Crippen molar-refractivity contribution in [3.8, 4) is 0 Å². The molecule has 2 heterocycles. The van der Waals surface area contributed by atoms with Crippen molar-refractivity contribution >= 4 is 63.1 Å². The van der Waals surface area contributed by atoms with Crippen LogP contribution in [0.15, 0.2) is 83.9 Å². The Morgan fingerprint density at radius 3 is 2.38 bits per heavy atom. The number of hydrogen-bond donors (Lipinski definition) is 2. The molecule has 0 saturated carbocycles. The Morgan fingerprint density at radius 1 is 0.897 bits per heavy atom. The van der Waals surface area contributed by atoms with Crippen LogP contribution in [0.2, 0.25) is 0 Å². The third-order valence-electron chi connectivity index (χ3n) is 6.03. The minimum absolute atomic E-state index is 0.0215. The number of imide groups is 1. The fraction of sp³-hybridized carbons (Fsp3) is 0.103. The highest BCUT2D eigenvalue weighted by Crippen LogP contribution is 2.34. The summed E-state index contributed by atoms with van der Waals surface area (Å²) in [7, 11) is 0. The van der Waals surface area contributed by atoms with Gasteiger partial charge in [0.25, 0.3) is 11.1 Å². The van der Waals surface area contributed by atoms with Gasteiger partial charge in [-0.3, -0.25) is 24.1 Å². The Labute approximate surface area is 227 Å². The molecule has 2 N–H and O–H groups in total. The molecule has 1 aliphatic rings. The first kappa shape index (κ1) is 25.9. The van der Waals surface area contributed by atoms with Crippen LogP contribution in [-0.2, 0) is 20.9 Å². The summed E-state index contributed by atoms with van der Waals surface area (Å²) in [5, 5.41) is 5.69. The third-order valence-corrected chi connectivity index (χ3v) is 6.93. The summed E-state index contributed by atoms with van der Waals surface area (Å²) >= 11 is 0.761. The number of aryl methyl sites for hydroxylation is 1. The van der Waals surface area contributed by atoms with E-state index in [9.17, 15) is 23.6 Å². The number of nitrogens with one attached hydrogen (secondary N) is 2. The zero-order valence-corrected chi connectivity index (χ0v) is 21.6. The lowest BCUT2D eigenvalue weighted by molar-refractivity contribution is -0.127. The molecule has 1 aliphatic heterocycles. The van der Waals surface area contributed by atoms with Crippen LogP contribution in [0.3, 0.4) is 0 Å². The molecular formula is C29H23FN4O4S. The molecule has 8 nitrogen and oxygen atoms in total. The first-order chi connectivity index (χ1) is 18.8. The maximum Gasteiger partial charge on any atom is 0.294 e. The van der Waals surface area contributed by atoms with Crippen LogP contribution in [0.1, 0.15) is 11.1 Å². The van der Waals surface area contributed by atoms with E-state index < -0.39 is 29.4 Å². The SMILES string of the molecule is Cc1cccc(NC(=O)CN2C(=O)S/C(=C/c3cn(CC(=O)Nc4ccc(F)cc4)c4ccccc34)C2=O)c1. The number of aromatic nitrogens is 1. The molecule has 0 radical (unpaired) electrons. The Hall–Kier alpha value is -4.70. The summed E-state index contributed by atoms with van der Waals surface area (Å²) in [4.78, 5) is 51.9. The number of halogens is 1. The van der Waals surface area contributed by atoms with E-state index in [1.54, 1.807) is 35.0 Å². The number of nitrogens with zero attached hydrogens (tertiary/aromatic N) is 2. The number of benzene rings is 3. The number of hydrogen-bond acceptors (Lipinski definition) is 5. The van der Waals surface area contributed by atoms with E-state index >= 15 is 0 Å². The van der Waals surface area contributed by atoms with Crippen molar-refractivity contribution < 1.29 is 23.6 Å². The Bertz CT molecular complexity index is 1640. The topological polar surface area (TPSA) is 101 Å². The number of rotatable bonds is 7. The monoisotopic (exact) mass is 542 g/mol. The number of carbonyl (C=O) groups is 4. The van der Waals surface area contributed by atoms with Gasteiger partial charge in [0.1, 0.15) is 18.9 Å². The lowest BCUT2D eigenvalue weighted by Crippen LogP contribution is -2.36. The second-order valence-corrected chi connectivity index (χ2v) is 9.96. The zero-order chi connectivity index (χ0) is 27.5. The minimum Gasteiger partial charge on any atom is -0.337 e. The quantitative estimate of drug-likeness (QED) is 0.305. The van der Waals surface area contributed by atoms with Crippen molar-refractivity contribution in [1.29, 1.82) is 0 Å². The van der Waals surface area contributed by atoms with E-state index in [2.05, 4.69) is 10.6 Å². The number of amides is 4. The van der Waals surface area contributed by atoms with E-state index in [0.717, 1.165) is 33.1 Å². The molecular weight excluding hydrogens is 519 g/mol. The van der Waals surface area contributed by atoms with Gasteiger partial charge in [0.2, 0.25) is 11.8 Å². The Morgan fingerprint density at radius 2 is 1.62 bits per heavy atom. The highest BCUT2D eigenvalue weighted by molar-refractivity contribution is 8.18.